The summed E-state index contributed by atoms with van der Waals surface area (Å²) in [7, 11) is 0. The quantitative estimate of drug-likeness (QED) is 0.693. The summed E-state index contributed by atoms with van der Waals surface area (Å²) in [6, 6.07) is 1.67. The molecular weight excluding hydrogens is 162 g/mol. The standard InChI is InChI=1S/C7H10ClN3/c8-7-5(10)2-4-11-6(7)1-3-9/h2,4H,1,3,9H2,(H2,10,11). The molecule has 11 heavy (non-hydrogen) atoms. The van der Waals surface area contributed by atoms with E-state index in [1.54, 1.807) is 12.3 Å². The average Bonchev–Trinajstić information content (AvgIpc) is 1.99. The van der Waals surface area contributed by atoms with Crippen LogP contribution in [-0.4, -0.2) is 11.5 Å². The zero-order valence-corrected chi connectivity index (χ0v) is 6.80. The van der Waals surface area contributed by atoms with Crippen LogP contribution in [0.3, 0.4) is 0 Å². The maximum absolute atomic E-state index is 5.83. The molecular formula is C7H10ClN3. The van der Waals surface area contributed by atoms with E-state index < -0.39 is 0 Å². The van der Waals surface area contributed by atoms with Gasteiger partial charge in [-0.1, -0.05) is 11.6 Å². The van der Waals surface area contributed by atoms with Gasteiger partial charge in [0.1, 0.15) is 0 Å². The number of rotatable bonds is 2. The fourth-order valence-electron chi connectivity index (χ4n) is 0.815. The Kier molecular flexibility index (Phi) is 2.68. The maximum Gasteiger partial charge on any atom is 0.0851 e. The lowest BCUT2D eigenvalue weighted by Crippen LogP contribution is -2.05. The van der Waals surface area contributed by atoms with Crippen LogP contribution in [0.1, 0.15) is 5.69 Å². The summed E-state index contributed by atoms with van der Waals surface area (Å²) in [5, 5.41) is 0.526. The first-order valence-electron chi connectivity index (χ1n) is 3.34. The molecule has 0 radical (unpaired) electrons. The Morgan fingerprint density at radius 2 is 2.27 bits per heavy atom. The third-order valence-electron chi connectivity index (χ3n) is 1.37. The van der Waals surface area contributed by atoms with Crippen LogP contribution in [-0.2, 0) is 6.42 Å². The van der Waals surface area contributed by atoms with Crippen molar-refractivity contribution in [1.29, 1.82) is 0 Å². The fourth-order valence-corrected chi connectivity index (χ4v) is 1.02. The van der Waals surface area contributed by atoms with Gasteiger partial charge in [0.2, 0.25) is 0 Å². The molecule has 0 spiro atoms. The van der Waals surface area contributed by atoms with E-state index in [2.05, 4.69) is 4.98 Å². The molecule has 0 unspecified atom stereocenters. The smallest absolute Gasteiger partial charge is 0.0851 e. The highest BCUT2D eigenvalue weighted by Crippen LogP contribution is 2.20. The average molecular weight is 172 g/mol. The van der Waals surface area contributed by atoms with Crippen LogP contribution >= 0.6 is 11.6 Å². The molecule has 4 N–H and O–H groups in total. The topological polar surface area (TPSA) is 64.9 Å². The van der Waals surface area contributed by atoms with Crippen LogP contribution in [0.15, 0.2) is 12.3 Å². The van der Waals surface area contributed by atoms with Crippen molar-refractivity contribution in [2.75, 3.05) is 12.3 Å². The van der Waals surface area contributed by atoms with Crippen molar-refractivity contribution in [2.45, 2.75) is 6.42 Å². The zero-order valence-electron chi connectivity index (χ0n) is 6.05. The number of nitrogen functional groups attached to an aromatic ring is 1. The highest BCUT2D eigenvalue weighted by molar-refractivity contribution is 6.33. The molecule has 60 valence electrons. The van der Waals surface area contributed by atoms with Crippen LogP contribution in [0.4, 0.5) is 5.69 Å². The number of nitrogens with zero attached hydrogens (tertiary/aromatic N) is 1. The van der Waals surface area contributed by atoms with Gasteiger partial charge in [0.15, 0.2) is 0 Å². The normalized spacial score (nSPS) is 10.0. The molecule has 0 aliphatic rings. The van der Waals surface area contributed by atoms with Gasteiger partial charge in [0.05, 0.1) is 16.4 Å². The summed E-state index contributed by atoms with van der Waals surface area (Å²) >= 11 is 5.83. The summed E-state index contributed by atoms with van der Waals surface area (Å²) in [4.78, 5) is 4.04. The number of halogens is 1. The van der Waals surface area contributed by atoms with E-state index in [1.807, 2.05) is 0 Å². The summed E-state index contributed by atoms with van der Waals surface area (Å²) in [6.07, 6.45) is 2.30. The largest absolute Gasteiger partial charge is 0.397 e. The molecule has 0 aromatic carbocycles. The van der Waals surface area contributed by atoms with E-state index in [0.29, 0.717) is 23.7 Å². The van der Waals surface area contributed by atoms with Crippen molar-refractivity contribution in [3.63, 3.8) is 0 Å². The van der Waals surface area contributed by atoms with Crippen LogP contribution in [0.2, 0.25) is 5.02 Å². The van der Waals surface area contributed by atoms with Gasteiger partial charge in [-0.25, -0.2) is 0 Å². The monoisotopic (exact) mass is 171 g/mol. The molecule has 1 aromatic heterocycles. The molecule has 1 heterocycles. The van der Waals surface area contributed by atoms with Crippen molar-refractivity contribution in [3.8, 4) is 0 Å². The van der Waals surface area contributed by atoms with Gasteiger partial charge in [-0.3, -0.25) is 4.98 Å². The number of hydrogen-bond acceptors (Lipinski definition) is 3. The van der Waals surface area contributed by atoms with E-state index in [9.17, 15) is 0 Å². The Morgan fingerprint density at radius 1 is 1.55 bits per heavy atom. The number of hydrogen-bond donors (Lipinski definition) is 2. The van der Waals surface area contributed by atoms with E-state index in [0.717, 1.165) is 5.69 Å². The van der Waals surface area contributed by atoms with E-state index in [1.165, 1.54) is 0 Å². The van der Waals surface area contributed by atoms with E-state index >= 15 is 0 Å². The summed E-state index contributed by atoms with van der Waals surface area (Å²) in [5.41, 5.74) is 12.2. The molecule has 0 fully saturated rings. The number of anilines is 1. The zero-order chi connectivity index (χ0) is 8.27. The molecule has 1 aromatic rings. The molecule has 0 bridgehead atoms. The Bertz CT molecular complexity index is 249. The molecule has 0 saturated heterocycles. The highest BCUT2D eigenvalue weighted by Gasteiger charge is 2.02. The fraction of sp³-hybridized carbons (Fsp3) is 0.286. The molecule has 0 atom stereocenters. The Morgan fingerprint density at radius 3 is 2.91 bits per heavy atom. The SMILES string of the molecule is NCCc1nccc(N)c1Cl. The van der Waals surface area contributed by atoms with Gasteiger partial charge in [-0.2, -0.15) is 0 Å². The van der Waals surface area contributed by atoms with Gasteiger partial charge in [-0.05, 0) is 12.6 Å². The van der Waals surface area contributed by atoms with Crippen LogP contribution in [0, 0.1) is 0 Å². The lowest BCUT2D eigenvalue weighted by atomic mass is 10.2. The van der Waals surface area contributed by atoms with Crippen molar-refractivity contribution < 1.29 is 0 Å². The third kappa shape index (κ3) is 1.82. The van der Waals surface area contributed by atoms with Gasteiger partial charge in [0, 0.05) is 12.6 Å². The van der Waals surface area contributed by atoms with Crippen molar-refractivity contribution >= 4 is 17.3 Å². The van der Waals surface area contributed by atoms with Crippen molar-refractivity contribution in [1.82, 2.24) is 4.98 Å². The molecule has 4 heteroatoms. The van der Waals surface area contributed by atoms with Gasteiger partial charge < -0.3 is 11.5 Å². The van der Waals surface area contributed by atoms with Crippen LogP contribution in [0.25, 0.3) is 0 Å². The van der Waals surface area contributed by atoms with Crippen molar-refractivity contribution in [2.24, 2.45) is 5.73 Å². The van der Waals surface area contributed by atoms with Gasteiger partial charge in [0.25, 0.3) is 0 Å². The van der Waals surface area contributed by atoms with Gasteiger partial charge >= 0.3 is 0 Å². The second-order valence-electron chi connectivity index (χ2n) is 2.20. The second-order valence-corrected chi connectivity index (χ2v) is 2.58. The first kappa shape index (κ1) is 8.30. The molecule has 1 rings (SSSR count). The molecule has 0 amide bonds. The first-order valence-corrected chi connectivity index (χ1v) is 3.72. The molecule has 0 aliphatic heterocycles. The van der Waals surface area contributed by atoms with E-state index in [-0.39, 0.29) is 0 Å². The lowest BCUT2D eigenvalue weighted by molar-refractivity contribution is 0.924. The minimum absolute atomic E-state index is 0.526. The minimum atomic E-state index is 0.526. The number of nitrogens with two attached hydrogens (primary N) is 2. The number of aromatic nitrogens is 1. The van der Waals surface area contributed by atoms with E-state index in [4.69, 9.17) is 23.1 Å². The second kappa shape index (κ2) is 3.55. The highest BCUT2D eigenvalue weighted by atomic mass is 35.5. The third-order valence-corrected chi connectivity index (χ3v) is 1.81. The molecule has 0 saturated carbocycles. The summed E-state index contributed by atoms with van der Waals surface area (Å²) in [5.74, 6) is 0. The predicted molar refractivity (Wildman–Crippen MR) is 46.4 cm³/mol. The lowest BCUT2D eigenvalue weighted by Gasteiger charge is -2.02. The minimum Gasteiger partial charge on any atom is -0.397 e. The summed E-state index contributed by atoms with van der Waals surface area (Å²) < 4.78 is 0. The van der Waals surface area contributed by atoms with Crippen LogP contribution < -0.4 is 11.5 Å². The summed E-state index contributed by atoms with van der Waals surface area (Å²) in [6.45, 7) is 0.538. The Labute approximate surface area is 70.4 Å². The van der Waals surface area contributed by atoms with Crippen molar-refractivity contribution in [3.05, 3.63) is 23.0 Å². The first-order chi connectivity index (χ1) is 5.25. The Hall–Kier alpha value is -0.800. The predicted octanol–water partition coefficient (Wildman–Crippen LogP) is 0.818. The van der Waals surface area contributed by atoms with Crippen LogP contribution in [0.5, 0.6) is 0 Å². The Balaban J connectivity index is 2.96. The maximum atomic E-state index is 5.83. The number of pyridine rings is 1. The van der Waals surface area contributed by atoms with Gasteiger partial charge in [-0.15, -0.1) is 0 Å². The molecule has 3 nitrogen and oxygen atoms in total. The molecule has 0 aliphatic carbocycles.